The molecule has 3 heterocycles. The highest BCUT2D eigenvalue weighted by molar-refractivity contribution is 5.82. The summed E-state index contributed by atoms with van der Waals surface area (Å²) in [5.41, 5.74) is 3.19. The van der Waals surface area contributed by atoms with Crippen LogP contribution in [0.1, 0.15) is 36.5 Å². The van der Waals surface area contributed by atoms with Gasteiger partial charge in [0.1, 0.15) is 12.4 Å². The number of nitrogens with zero attached hydrogens (tertiary/aromatic N) is 4. The van der Waals surface area contributed by atoms with Gasteiger partial charge in [0, 0.05) is 37.6 Å². The number of para-hydroxylation sites is 1. The standard InChI is InChI=1S/C20H25N5O2/c1-3-25-18-7-5-4-6-15(18)17(24-25)11-21-19-10-16(14-8-9-27-12-14)22-20(23-19)13-26-2/h4-7,10,14H,3,8-9,11-13H2,1-2H3,(H,21,22,23)/t14-/m0/s1. The summed E-state index contributed by atoms with van der Waals surface area (Å²) >= 11 is 0. The van der Waals surface area contributed by atoms with Crippen LogP contribution in [0, 0.1) is 0 Å². The Balaban J connectivity index is 1.59. The van der Waals surface area contributed by atoms with Crippen LogP contribution in [0.3, 0.4) is 0 Å². The molecule has 0 spiro atoms. The molecule has 0 amide bonds. The van der Waals surface area contributed by atoms with Gasteiger partial charge in [-0.2, -0.15) is 5.10 Å². The maximum Gasteiger partial charge on any atom is 0.156 e. The predicted molar refractivity (Wildman–Crippen MR) is 104 cm³/mol. The van der Waals surface area contributed by atoms with Crippen LogP contribution in [0.25, 0.3) is 10.9 Å². The second-order valence-electron chi connectivity index (χ2n) is 6.72. The third kappa shape index (κ3) is 3.79. The molecule has 1 saturated heterocycles. The summed E-state index contributed by atoms with van der Waals surface area (Å²) in [6.07, 6.45) is 0.994. The van der Waals surface area contributed by atoms with Crippen LogP contribution in [-0.2, 0) is 29.2 Å². The van der Waals surface area contributed by atoms with Gasteiger partial charge in [-0.3, -0.25) is 4.68 Å². The van der Waals surface area contributed by atoms with E-state index < -0.39 is 0 Å². The summed E-state index contributed by atoms with van der Waals surface area (Å²) in [5.74, 6) is 1.81. The molecule has 1 aliphatic heterocycles. The fourth-order valence-electron chi connectivity index (χ4n) is 3.52. The Morgan fingerprint density at radius 1 is 1.30 bits per heavy atom. The Morgan fingerprint density at radius 2 is 2.19 bits per heavy atom. The van der Waals surface area contributed by atoms with Gasteiger partial charge in [0.05, 0.1) is 30.1 Å². The first-order chi connectivity index (χ1) is 13.3. The molecule has 142 valence electrons. The van der Waals surface area contributed by atoms with Crippen LogP contribution in [0.5, 0.6) is 0 Å². The third-order valence-corrected chi connectivity index (χ3v) is 4.88. The Morgan fingerprint density at radius 3 is 2.96 bits per heavy atom. The number of aromatic nitrogens is 4. The van der Waals surface area contributed by atoms with Gasteiger partial charge >= 0.3 is 0 Å². The number of methoxy groups -OCH3 is 1. The van der Waals surface area contributed by atoms with Gasteiger partial charge in [-0.25, -0.2) is 9.97 Å². The van der Waals surface area contributed by atoms with Crippen molar-refractivity contribution >= 4 is 16.7 Å². The molecule has 4 rings (SSSR count). The molecule has 7 nitrogen and oxygen atoms in total. The van der Waals surface area contributed by atoms with Crippen molar-refractivity contribution in [3.8, 4) is 0 Å². The van der Waals surface area contributed by atoms with Crippen LogP contribution in [-0.4, -0.2) is 40.1 Å². The average Bonchev–Trinajstić information content (AvgIpc) is 3.35. The second-order valence-corrected chi connectivity index (χ2v) is 6.72. The lowest BCUT2D eigenvalue weighted by Gasteiger charge is -2.12. The Labute approximate surface area is 158 Å². The van der Waals surface area contributed by atoms with Crippen molar-refractivity contribution in [3.05, 3.63) is 47.5 Å². The molecular weight excluding hydrogens is 342 g/mol. The lowest BCUT2D eigenvalue weighted by molar-refractivity contribution is 0.177. The third-order valence-electron chi connectivity index (χ3n) is 4.88. The van der Waals surface area contributed by atoms with Crippen molar-refractivity contribution in [2.24, 2.45) is 0 Å². The van der Waals surface area contributed by atoms with Crippen molar-refractivity contribution < 1.29 is 9.47 Å². The van der Waals surface area contributed by atoms with Crippen molar-refractivity contribution in [2.45, 2.75) is 39.0 Å². The fourth-order valence-corrected chi connectivity index (χ4v) is 3.52. The zero-order valence-corrected chi connectivity index (χ0v) is 15.8. The van der Waals surface area contributed by atoms with Gasteiger partial charge in [-0.15, -0.1) is 0 Å². The molecule has 0 aliphatic carbocycles. The second kappa shape index (κ2) is 8.02. The normalized spacial score (nSPS) is 16.9. The van der Waals surface area contributed by atoms with Crippen LogP contribution < -0.4 is 5.32 Å². The monoisotopic (exact) mass is 367 g/mol. The molecule has 1 aliphatic rings. The van der Waals surface area contributed by atoms with E-state index in [2.05, 4.69) is 34.3 Å². The molecule has 1 atom stereocenters. The number of nitrogens with one attached hydrogen (secondary N) is 1. The molecule has 0 saturated carbocycles. The van der Waals surface area contributed by atoms with E-state index in [1.54, 1.807) is 7.11 Å². The molecule has 7 heteroatoms. The first-order valence-electron chi connectivity index (χ1n) is 9.41. The first kappa shape index (κ1) is 17.9. The van der Waals surface area contributed by atoms with E-state index in [1.807, 2.05) is 22.9 Å². The molecule has 1 N–H and O–H groups in total. The quantitative estimate of drug-likeness (QED) is 0.692. The number of rotatable bonds is 7. The van der Waals surface area contributed by atoms with E-state index in [4.69, 9.17) is 14.6 Å². The van der Waals surface area contributed by atoms with Gasteiger partial charge in [0.2, 0.25) is 0 Å². The average molecular weight is 367 g/mol. The number of aryl methyl sites for hydroxylation is 1. The van der Waals surface area contributed by atoms with Crippen LogP contribution in [0.4, 0.5) is 5.82 Å². The van der Waals surface area contributed by atoms with Gasteiger partial charge < -0.3 is 14.8 Å². The minimum Gasteiger partial charge on any atom is -0.381 e. The van der Waals surface area contributed by atoms with Gasteiger partial charge in [0.25, 0.3) is 0 Å². The van der Waals surface area contributed by atoms with Crippen molar-refractivity contribution in [1.29, 1.82) is 0 Å². The molecule has 1 fully saturated rings. The Kier molecular flexibility index (Phi) is 5.31. The van der Waals surface area contributed by atoms with Crippen LogP contribution >= 0.6 is 0 Å². The van der Waals surface area contributed by atoms with E-state index in [9.17, 15) is 0 Å². The highest BCUT2D eigenvalue weighted by Crippen LogP contribution is 2.26. The maximum absolute atomic E-state index is 5.52. The first-order valence-corrected chi connectivity index (χ1v) is 9.41. The number of ether oxygens (including phenoxy) is 2. The number of fused-ring (bicyclic) bond motifs is 1. The van der Waals surface area contributed by atoms with Crippen molar-refractivity contribution in [2.75, 3.05) is 25.6 Å². The van der Waals surface area contributed by atoms with Crippen LogP contribution in [0.2, 0.25) is 0 Å². The smallest absolute Gasteiger partial charge is 0.156 e. The molecule has 27 heavy (non-hydrogen) atoms. The fraction of sp³-hybridized carbons (Fsp3) is 0.450. The van der Waals surface area contributed by atoms with Gasteiger partial charge in [-0.05, 0) is 19.4 Å². The van der Waals surface area contributed by atoms with Crippen molar-refractivity contribution in [1.82, 2.24) is 19.7 Å². The molecule has 2 aromatic heterocycles. The topological polar surface area (TPSA) is 74.1 Å². The van der Waals surface area contributed by atoms with E-state index in [1.165, 1.54) is 5.39 Å². The predicted octanol–water partition coefficient (Wildman–Crippen LogP) is 3.11. The van der Waals surface area contributed by atoms with E-state index in [-0.39, 0.29) is 0 Å². The van der Waals surface area contributed by atoms with Crippen molar-refractivity contribution in [3.63, 3.8) is 0 Å². The van der Waals surface area contributed by atoms with Crippen LogP contribution in [0.15, 0.2) is 30.3 Å². The lowest BCUT2D eigenvalue weighted by Crippen LogP contribution is -2.10. The summed E-state index contributed by atoms with van der Waals surface area (Å²) in [7, 11) is 1.66. The summed E-state index contributed by atoms with van der Waals surface area (Å²) in [6, 6.07) is 10.3. The number of hydrogen-bond acceptors (Lipinski definition) is 6. The molecule has 0 unspecified atom stereocenters. The Bertz CT molecular complexity index is 918. The number of benzene rings is 1. The molecule has 0 radical (unpaired) electrons. The summed E-state index contributed by atoms with van der Waals surface area (Å²) in [5, 5.41) is 9.35. The summed E-state index contributed by atoms with van der Waals surface area (Å²) < 4.78 is 12.8. The zero-order valence-electron chi connectivity index (χ0n) is 15.8. The van der Waals surface area contributed by atoms with E-state index in [0.29, 0.717) is 31.5 Å². The molecule has 1 aromatic carbocycles. The zero-order chi connectivity index (χ0) is 18.6. The highest BCUT2D eigenvalue weighted by Gasteiger charge is 2.21. The maximum atomic E-state index is 5.52. The molecular formula is C20H25N5O2. The Hall–Kier alpha value is -2.51. The summed E-state index contributed by atoms with van der Waals surface area (Å²) in [4.78, 5) is 9.25. The van der Waals surface area contributed by atoms with E-state index >= 15 is 0 Å². The molecule has 3 aromatic rings. The lowest BCUT2D eigenvalue weighted by atomic mass is 10.0. The number of hydrogen-bond donors (Lipinski definition) is 1. The summed E-state index contributed by atoms with van der Waals surface area (Å²) in [6.45, 7) is 5.46. The largest absolute Gasteiger partial charge is 0.381 e. The minimum atomic E-state index is 0.323. The van der Waals surface area contributed by atoms with Gasteiger partial charge in [-0.1, -0.05) is 18.2 Å². The van der Waals surface area contributed by atoms with E-state index in [0.717, 1.165) is 42.3 Å². The van der Waals surface area contributed by atoms with Gasteiger partial charge in [0.15, 0.2) is 5.82 Å². The molecule has 0 bridgehead atoms. The minimum absolute atomic E-state index is 0.323. The highest BCUT2D eigenvalue weighted by atomic mass is 16.5. The SMILES string of the molecule is CCn1nc(CNc2cc([C@H]3CCOC3)nc(COC)n2)c2ccccc21. The number of anilines is 1.